The lowest BCUT2D eigenvalue weighted by atomic mass is 10.0. The number of sulfonamides is 1. The molecule has 0 saturated heterocycles. The SMILES string of the molecule is COCCNC(=O)c1cccc(S(=O)(=O)Nc2ccccc2-c2ccccc2)c1. The fourth-order valence-electron chi connectivity index (χ4n) is 2.82. The Balaban J connectivity index is 1.86. The minimum absolute atomic E-state index is 0.0137. The van der Waals surface area contributed by atoms with Gasteiger partial charge in [0.1, 0.15) is 0 Å². The summed E-state index contributed by atoms with van der Waals surface area (Å²) in [5.74, 6) is -0.358. The Kier molecular flexibility index (Phi) is 6.64. The zero-order valence-electron chi connectivity index (χ0n) is 16.0. The van der Waals surface area contributed by atoms with Gasteiger partial charge in [-0.25, -0.2) is 8.42 Å². The van der Waals surface area contributed by atoms with Gasteiger partial charge in [0.2, 0.25) is 0 Å². The first-order valence-electron chi connectivity index (χ1n) is 9.06. The van der Waals surface area contributed by atoms with Gasteiger partial charge in [-0.05, 0) is 29.8 Å². The standard InChI is InChI=1S/C22H22N2O4S/c1-28-15-14-23-22(25)18-10-7-11-19(16-18)29(26,27)24-21-13-6-5-12-20(21)17-8-3-2-4-9-17/h2-13,16,24H,14-15H2,1H3,(H,23,25). The van der Waals surface area contributed by atoms with E-state index in [4.69, 9.17) is 4.74 Å². The van der Waals surface area contributed by atoms with E-state index in [1.54, 1.807) is 24.3 Å². The molecule has 0 atom stereocenters. The molecule has 1 amide bonds. The number of hydrogen-bond acceptors (Lipinski definition) is 4. The third-order valence-electron chi connectivity index (χ3n) is 4.25. The number of nitrogens with one attached hydrogen (secondary N) is 2. The van der Waals surface area contributed by atoms with E-state index in [0.717, 1.165) is 11.1 Å². The molecule has 0 radical (unpaired) electrons. The van der Waals surface area contributed by atoms with Gasteiger partial charge in [-0.3, -0.25) is 9.52 Å². The number of carbonyl (C=O) groups is 1. The van der Waals surface area contributed by atoms with Gasteiger partial charge in [0.25, 0.3) is 15.9 Å². The number of anilines is 1. The Hall–Kier alpha value is -3.16. The molecule has 29 heavy (non-hydrogen) atoms. The van der Waals surface area contributed by atoms with E-state index >= 15 is 0 Å². The van der Waals surface area contributed by atoms with Gasteiger partial charge < -0.3 is 10.1 Å². The molecule has 7 heteroatoms. The van der Waals surface area contributed by atoms with E-state index in [1.165, 1.54) is 19.2 Å². The van der Waals surface area contributed by atoms with E-state index in [-0.39, 0.29) is 16.4 Å². The molecule has 6 nitrogen and oxygen atoms in total. The van der Waals surface area contributed by atoms with Crippen LogP contribution in [0.4, 0.5) is 5.69 Å². The summed E-state index contributed by atoms with van der Waals surface area (Å²) in [5.41, 5.74) is 2.40. The Morgan fingerprint density at radius 3 is 2.41 bits per heavy atom. The molecule has 0 unspecified atom stereocenters. The summed E-state index contributed by atoms with van der Waals surface area (Å²) in [6.45, 7) is 0.719. The zero-order valence-corrected chi connectivity index (χ0v) is 16.8. The second kappa shape index (κ2) is 9.36. The molecule has 0 spiro atoms. The van der Waals surface area contributed by atoms with Crippen LogP contribution in [-0.4, -0.2) is 34.6 Å². The van der Waals surface area contributed by atoms with Crippen LogP contribution >= 0.6 is 0 Å². The van der Waals surface area contributed by atoms with Gasteiger partial charge in [0.05, 0.1) is 17.2 Å². The van der Waals surface area contributed by atoms with Gasteiger partial charge in [-0.1, -0.05) is 54.6 Å². The Morgan fingerprint density at radius 1 is 0.931 bits per heavy atom. The monoisotopic (exact) mass is 410 g/mol. The summed E-state index contributed by atoms with van der Waals surface area (Å²) < 4.78 is 33.5. The fraction of sp³-hybridized carbons (Fsp3) is 0.136. The molecule has 0 fully saturated rings. The molecule has 0 aromatic heterocycles. The molecule has 3 rings (SSSR count). The van der Waals surface area contributed by atoms with Crippen LogP contribution in [0, 0.1) is 0 Å². The summed E-state index contributed by atoms with van der Waals surface area (Å²) in [6.07, 6.45) is 0. The molecule has 3 aromatic carbocycles. The van der Waals surface area contributed by atoms with E-state index in [0.29, 0.717) is 18.8 Å². The maximum atomic E-state index is 13.0. The fourth-order valence-corrected chi connectivity index (χ4v) is 3.94. The quantitative estimate of drug-likeness (QED) is 0.557. The zero-order chi connectivity index (χ0) is 20.7. The molecule has 2 N–H and O–H groups in total. The summed E-state index contributed by atoms with van der Waals surface area (Å²) in [7, 11) is -2.34. The average Bonchev–Trinajstić information content (AvgIpc) is 2.75. The normalized spacial score (nSPS) is 11.1. The van der Waals surface area contributed by atoms with Gasteiger partial charge in [0.15, 0.2) is 0 Å². The van der Waals surface area contributed by atoms with Crippen LogP contribution in [0.1, 0.15) is 10.4 Å². The van der Waals surface area contributed by atoms with Crippen molar-refractivity contribution >= 4 is 21.6 Å². The van der Waals surface area contributed by atoms with Crippen LogP contribution in [0.25, 0.3) is 11.1 Å². The summed E-state index contributed by atoms with van der Waals surface area (Å²) in [6, 6.07) is 22.6. The summed E-state index contributed by atoms with van der Waals surface area (Å²) in [4.78, 5) is 12.2. The van der Waals surface area contributed by atoms with Crippen LogP contribution < -0.4 is 10.0 Å². The molecule has 0 aliphatic carbocycles. The van der Waals surface area contributed by atoms with Crippen molar-refractivity contribution in [1.29, 1.82) is 0 Å². The second-order valence-corrected chi connectivity index (χ2v) is 7.98. The van der Waals surface area contributed by atoms with Crippen LogP contribution in [0.5, 0.6) is 0 Å². The highest BCUT2D eigenvalue weighted by Crippen LogP contribution is 2.29. The largest absolute Gasteiger partial charge is 0.383 e. The third-order valence-corrected chi connectivity index (χ3v) is 5.62. The average molecular weight is 410 g/mol. The van der Waals surface area contributed by atoms with Crippen LogP contribution in [-0.2, 0) is 14.8 Å². The molecule has 0 bridgehead atoms. The van der Waals surface area contributed by atoms with Gasteiger partial charge >= 0.3 is 0 Å². The highest BCUT2D eigenvalue weighted by Gasteiger charge is 2.18. The van der Waals surface area contributed by atoms with Crippen molar-refractivity contribution in [1.82, 2.24) is 5.32 Å². The maximum absolute atomic E-state index is 13.0. The summed E-state index contributed by atoms with van der Waals surface area (Å²) >= 11 is 0. The molecule has 3 aromatic rings. The van der Waals surface area contributed by atoms with Crippen molar-refractivity contribution in [3.8, 4) is 11.1 Å². The lowest BCUT2D eigenvalue weighted by Gasteiger charge is -2.13. The van der Waals surface area contributed by atoms with Gasteiger partial charge in [0, 0.05) is 24.8 Å². The van der Waals surface area contributed by atoms with Crippen molar-refractivity contribution in [2.75, 3.05) is 25.0 Å². The smallest absolute Gasteiger partial charge is 0.261 e. The van der Waals surface area contributed by atoms with Crippen LogP contribution in [0.3, 0.4) is 0 Å². The molecular formula is C22H22N2O4S. The van der Waals surface area contributed by atoms with E-state index < -0.39 is 10.0 Å². The van der Waals surface area contributed by atoms with Crippen molar-refractivity contribution in [3.05, 3.63) is 84.4 Å². The lowest BCUT2D eigenvalue weighted by molar-refractivity contribution is 0.0937. The van der Waals surface area contributed by atoms with E-state index in [1.807, 2.05) is 42.5 Å². The van der Waals surface area contributed by atoms with Crippen LogP contribution in [0.15, 0.2) is 83.8 Å². The number of carbonyl (C=O) groups excluding carboxylic acids is 1. The first kappa shape index (κ1) is 20.6. The van der Waals surface area contributed by atoms with E-state index in [9.17, 15) is 13.2 Å². The maximum Gasteiger partial charge on any atom is 0.261 e. The molecule has 0 saturated carbocycles. The van der Waals surface area contributed by atoms with Crippen molar-refractivity contribution in [3.63, 3.8) is 0 Å². The van der Waals surface area contributed by atoms with Crippen molar-refractivity contribution < 1.29 is 17.9 Å². The van der Waals surface area contributed by atoms with Gasteiger partial charge in [-0.2, -0.15) is 0 Å². The van der Waals surface area contributed by atoms with Gasteiger partial charge in [-0.15, -0.1) is 0 Å². The number of benzene rings is 3. The number of amides is 1. The molecular weight excluding hydrogens is 388 g/mol. The Bertz CT molecular complexity index is 1080. The molecule has 0 aliphatic heterocycles. The number of para-hydroxylation sites is 1. The minimum Gasteiger partial charge on any atom is -0.383 e. The molecule has 0 aliphatic rings. The predicted molar refractivity (Wildman–Crippen MR) is 113 cm³/mol. The van der Waals surface area contributed by atoms with Crippen molar-refractivity contribution in [2.45, 2.75) is 4.90 Å². The number of rotatable bonds is 8. The first-order valence-corrected chi connectivity index (χ1v) is 10.5. The topological polar surface area (TPSA) is 84.5 Å². The number of methoxy groups -OCH3 is 1. The van der Waals surface area contributed by atoms with Crippen molar-refractivity contribution in [2.24, 2.45) is 0 Å². The predicted octanol–water partition coefficient (Wildman–Crippen LogP) is 3.53. The lowest BCUT2D eigenvalue weighted by Crippen LogP contribution is -2.27. The Labute approximate surface area is 170 Å². The first-order chi connectivity index (χ1) is 14.0. The van der Waals surface area contributed by atoms with E-state index in [2.05, 4.69) is 10.0 Å². The Morgan fingerprint density at radius 2 is 1.66 bits per heavy atom. The molecule has 150 valence electrons. The highest BCUT2D eigenvalue weighted by atomic mass is 32.2. The van der Waals surface area contributed by atoms with Crippen LogP contribution in [0.2, 0.25) is 0 Å². The number of ether oxygens (including phenoxy) is 1. The minimum atomic E-state index is -3.88. The second-order valence-electron chi connectivity index (χ2n) is 6.29. The highest BCUT2D eigenvalue weighted by molar-refractivity contribution is 7.92. The third kappa shape index (κ3) is 5.22. The number of hydrogen-bond donors (Lipinski definition) is 2. The molecule has 0 heterocycles. The summed E-state index contributed by atoms with van der Waals surface area (Å²) in [5, 5.41) is 2.68.